The predicted octanol–water partition coefficient (Wildman–Crippen LogP) is 3.30. The second-order valence-corrected chi connectivity index (χ2v) is 4.44. The molecule has 90 valence electrons. The number of aromatic nitrogens is 2. The summed E-state index contributed by atoms with van der Waals surface area (Å²) in [6.45, 7) is 1.77. The van der Waals surface area contributed by atoms with Crippen LogP contribution in [0.3, 0.4) is 0 Å². The van der Waals surface area contributed by atoms with Gasteiger partial charge in [0.1, 0.15) is 17.6 Å². The van der Waals surface area contributed by atoms with Gasteiger partial charge >= 0.3 is 0 Å². The van der Waals surface area contributed by atoms with Crippen molar-refractivity contribution in [3.63, 3.8) is 0 Å². The van der Waals surface area contributed by atoms with E-state index in [-0.39, 0.29) is 11.5 Å². The van der Waals surface area contributed by atoms with Crippen molar-refractivity contribution >= 4 is 27.6 Å². The Morgan fingerprint density at radius 2 is 2.11 bits per heavy atom. The summed E-state index contributed by atoms with van der Waals surface area (Å²) >= 11 is 3.09. The lowest BCUT2D eigenvalue weighted by Gasteiger charge is -2.06. The fourth-order valence-corrected chi connectivity index (χ4v) is 1.76. The molecule has 0 bridgehead atoms. The van der Waals surface area contributed by atoms with Gasteiger partial charge in [-0.2, -0.15) is 5.26 Å². The topological polar surface area (TPSA) is 61.6 Å². The zero-order chi connectivity index (χ0) is 13.1. The largest absolute Gasteiger partial charge is 0.324 e. The molecule has 0 aliphatic carbocycles. The lowest BCUT2D eigenvalue weighted by molar-refractivity contribution is 0.621. The SMILES string of the molecule is Cc1cc(C#N)nc(Nc2ccc(F)c(Br)c2)n1. The van der Waals surface area contributed by atoms with Gasteiger partial charge in [-0.1, -0.05) is 0 Å². The van der Waals surface area contributed by atoms with Gasteiger partial charge in [0.2, 0.25) is 5.95 Å². The van der Waals surface area contributed by atoms with Crippen LogP contribution in [0.25, 0.3) is 0 Å². The van der Waals surface area contributed by atoms with Gasteiger partial charge < -0.3 is 5.32 Å². The fraction of sp³-hybridized carbons (Fsp3) is 0.0833. The van der Waals surface area contributed by atoms with Crippen molar-refractivity contribution in [3.05, 3.63) is 45.9 Å². The third-order valence-electron chi connectivity index (χ3n) is 2.14. The van der Waals surface area contributed by atoms with E-state index in [0.29, 0.717) is 21.8 Å². The summed E-state index contributed by atoms with van der Waals surface area (Å²) in [7, 11) is 0. The minimum Gasteiger partial charge on any atom is -0.324 e. The Balaban J connectivity index is 2.31. The van der Waals surface area contributed by atoms with Crippen molar-refractivity contribution in [3.8, 4) is 6.07 Å². The minimum absolute atomic E-state index is 0.283. The van der Waals surface area contributed by atoms with E-state index in [2.05, 4.69) is 31.2 Å². The highest BCUT2D eigenvalue weighted by Gasteiger charge is 2.04. The van der Waals surface area contributed by atoms with Crippen LogP contribution < -0.4 is 5.32 Å². The van der Waals surface area contributed by atoms with Gasteiger partial charge in [-0.15, -0.1) is 0 Å². The van der Waals surface area contributed by atoms with E-state index in [9.17, 15) is 4.39 Å². The molecule has 1 aromatic carbocycles. The van der Waals surface area contributed by atoms with Crippen LogP contribution in [-0.4, -0.2) is 9.97 Å². The summed E-state index contributed by atoms with van der Waals surface area (Å²) in [6.07, 6.45) is 0. The number of anilines is 2. The van der Waals surface area contributed by atoms with Gasteiger partial charge in [-0.3, -0.25) is 0 Å². The highest BCUT2D eigenvalue weighted by Crippen LogP contribution is 2.22. The van der Waals surface area contributed by atoms with Gasteiger partial charge in [-0.05, 0) is 47.1 Å². The number of nitrogens with one attached hydrogen (secondary N) is 1. The van der Waals surface area contributed by atoms with Crippen molar-refractivity contribution in [2.45, 2.75) is 6.92 Å². The molecule has 4 nitrogen and oxygen atoms in total. The van der Waals surface area contributed by atoms with Crippen LogP contribution in [0.2, 0.25) is 0 Å². The number of benzene rings is 1. The predicted molar refractivity (Wildman–Crippen MR) is 68.9 cm³/mol. The van der Waals surface area contributed by atoms with E-state index < -0.39 is 0 Å². The van der Waals surface area contributed by atoms with Gasteiger partial charge in [0, 0.05) is 11.4 Å². The van der Waals surface area contributed by atoms with Crippen LogP contribution in [0.15, 0.2) is 28.7 Å². The first-order chi connectivity index (χ1) is 8.58. The zero-order valence-electron chi connectivity index (χ0n) is 9.41. The van der Waals surface area contributed by atoms with E-state index in [1.807, 2.05) is 6.07 Å². The molecule has 2 aromatic rings. The molecule has 6 heteroatoms. The lowest BCUT2D eigenvalue weighted by Crippen LogP contribution is -2.00. The summed E-state index contributed by atoms with van der Waals surface area (Å²) in [6, 6.07) is 8.01. The minimum atomic E-state index is -0.344. The van der Waals surface area contributed by atoms with Crippen molar-refractivity contribution < 1.29 is 4.39 Å². The molecule has 0 amide bonds. The van der Waals surface area contributed by atoms with E-state index in [0.717, 1.165) is 0 Å². The molecule has 0 saturated heterocycles. The molecule has 0 atom stereocenters. The Morgan fingerprint density at radius 3 is 2.78 bits per heavy atom. The van der Waals surface area contributed by atoms with Crippen LogP contribution in [0.1, 0.15) is 11.4 Å². The van der Waals surface area contributed by atoms with Gasteiger partial charge in [0.05, 0.1) is 4.47 Å². The van der Waals surface area contributed by atoms with Crippen LogP contribution in [0.5, 0.6) is 0 Å². The molecule has 1 heterocycles. The summed E-state index contributed by atoms with van der Waals surface area (Å²) in [4.78, 5) is 8.15. The second kappa shape index (κ2) is 5.10. The Morgan fingerprint density at radius 1 is 1.33 bits per heavy atom. The Labute approximate surface area is 112 Å². The maximum Gasteiger partial charge on any atom is 0.228 e. The van der Waals surface area contributed by atoms with Crippen LogP contribution in [0, 0.1) is 24.1 Å². The van der Waals surface area contributed by atoms with Crippen LogP contribution >= 0.6 is 15.9 Å². The van der Waals surface area contributed by atoms with Gasteiger partial charge in [0.15, 0.2) is 0 Å². The molecule has 0 unspecified atom stereocenters. The zero-order valence-corrected chi connectivity index (χ0v) is 11.0. The van der Waals surface area contributed by atoms with Gasteiger partial charge in [0.25, 0.3) is 0 Å². The maximum atomic E-state index is 13.1. The molecule has 18 heavy (non-hydrogen) atoms. The molecular formula is C12H8BrFN4. The Kier molecular flexibility index (Phi) is 3.53. The normalized spacial score (nSPS) is 9.89. The fourth-order valence-electron chi connectivity index (χ4n) is 1.38. The number of rotatable bonds is 2. The average Bonchev–Trinajstić information content (AvgIpc) is 2.33. The second-order valence-electron chi connectivity index (χ2n) is 3.58. The summed E-state index contributed by atoms with van der Waals surface area (Å²) in [5, 5.41) is 11.7. The van der Waals surface area contributed by atoms with Crippen molar-refractivity contribution in [1.82, 2.24) is 9.97 Å². The first-order valence-corrected chi connectivity index (χ1v) is 5.85. The Bertz CT molecular complexity index is 636. The van der Waals surface area contributed by atoms with E-state index in [4.69, 9.17) is 5.26 Å². The molecule has 0 aliphatic rings. The highest BCUT2D eigenvalue weighted by atomic mass is 79.9. The summed E-state index contributed by atoms with van der Waals surface area (Å²) in [5.41, 5.74) is 1.61. The molecule has 2 rings (SSSR count). The van der Waals surface area contributed by atoms with Crippen molar-refractivity contribution in [1.29, 1.82) is 5.26 Å². The highest BCUT2D eigenvalue weighted by molar-refractivity contribution is 9.10. The first kappa shape index (κ1) is 12.5. The molecule has 0 fully saturated rings. The standard InChI is InChI=1S/C12H8BrFN4/c1-7-4-9(6-15)18-12(16-7)17-8-2-3-11(14)10(13)5-8/h2-5H,1H3,(H,16,17,18). The van der Waals surface area contributed by atoms with Crippen molar-refractivity contribution in [2.75, 3.05) is 5.32 Å². The van der Waals surface area contributed by atoms with Crippen LogP contribution in [-0.2, 0) is 0 Å². The molecule has 0 aliphatic heterocycles. The molecule has 1 aromatic heterocycles. The van der Waals surface area contributed by atoms with E-state index in [1.54, 1.807) is 25.1 Å². The van der Waals surface area contributed by atoms with Crippen LogP contribution in [0.4, 0.5) is 16.0 Å². The molecule has 0 radical (unpaired) electrons. The number of hydrogen-bond acceptors (Lipinski definition) is 4. The number of nitriles is 1. The number of aryl methyl sites for hydroxylation is 1. The van der Waals surface area contributed by atoms with Crippen molar-refractivity contribution in [2.24, 2.45) is 0 Å². The smallest absolute Gasteiger partial charge is 0.228 e. The lowest BCUT2D eigenvalue weighted by atomic mass is 10.3. The third-order valence-corrected chi connectivity index (χ3v) is 2.75. The quantitative estimate of drug-likeness (QED) is 0.924. The Hall–Kier alpha value is -2.00. The van der Waals surface area contributed by atoms with E-state index in [1.165, 1.54) is 6.07 Å². The first-order valence-electron chi connectivity index (χ1n) is 5.06. The molecule has 1 N–H and O–H groups in total. The molecule has 0 saturated carbocycles. The number of nitrogens with zero attached hydrogens (tertiary/aromatic N) is 3. The average molecular weight is 307 g/mol. The summed E-state index contributed by atoms with van der Waals surface area (Å²) < 4.78 is 13.4. The third kappa shape index (κ3) is 2.81. The molecule has 0 spiro atoms. The summed E-state index contributed by atoms with van der Waals surface area (Å²) in [5.74, 6) is -0.0338. The maximum absolute atomic E-state index is 13.1. The monoisotopic (exact) mass is 306 g/mol. The van der Waals surface area contributed by atoms with E-state index >= 15 is 0 Å². The van der Waals surface area contributed by atoms with Gasteiger partial charge in [-0.25, -0.2) is 14.4 Å². The molecular weight excluding hydrogens is 299 g/mol. The number of hydrogen-bond donors (Lipinski definition) is 1. The number of halogens is 2.